The molecule has 0 fully saturated rings. The van der Waals surface area contributed by atoms with E-state index in [1.165, 1.54) is 69.3 Å². The molecule has 0 radical (unpaired) electrons. The number of thioether (sulfide) groups is 1. The summed E-state index contributed by atoms with van der Waals surface area (Å²) in [5.74, 6) is 1.36. The molecule has 8 aromatic rings. The van der Waals surface area contributed by atoms with Crippen LogP contribution in [0.5, 0.6) is 0 Å². The van der Waals surface area contributed by atoms with E-state index >= 15 is 0 Å². The molecular formula is C50H37N3S2. The lowest BCUT2D eigenvalue weighted by Gasteiger charge is -2.18. The van der Waals surface area contributed by atoms with Crippen LogP contribution in [0.2, 0.25) is 0 Å². The second kappa shape index (κ2) is 12.9. The first-order valence-corrected chi connectivity index (χ1v) is 20.8. The summed E-state index contributed by atoms with van der Waals surface area (Å²) in [6, 6.07) is 38.0. The lowest BCUT2D eigenvalue weighted by molar-refractivity contribution is 0.880. The Labute approximate surface area is 328 Å². The fraction of sp³-hybridized carbons (Fsp3) is 0.120. The van der Waals surface area contributed by atoms with Crippen LogP contribution >= 0.6 is 23.1 Å². The summed E-state index contributed by atoms with van der Waals surface area (Å²) >= 11 is 3.81. The van der Waals surface area contributed by atoms with Gasteiger partial charge < -0.3 is 4.57 Å². The molecule has 0 spiro atoms. The molecular weight excluding hydrogens is 707 g/mol. The Kier molecular flexibility index (Phi) is 7.68. The molecule has 1 aliphatic heterocycles. The predicted octanol–water partition coefficient (Wildman–Crippen LogP) is 12.2. The molecule has 0 saturated heterocycles. The summed E-state index contributed by atoms with van der Waals surface area (Å²) in [6.07, 6.45) is 21.2. The van der Waals surface area contributed by atoms with Crippen molar-refractivity contribution in [1.82, 2.24) is 14.5 Å². The lowest BCUT2D eigenvalue weighted by atomic mass is 9.88. The Morgan fingerprint density at radius 2 is 1.58 bits per heavy atom. The first-order chi connectivity index (χ1) is 27.1. The van der Waals surface area contributed by atoms with Crippen LogP contribution in [-0.4, -0.2) is 19.8 Å². The normalized spacial score (nSPS) is 18.9. The average molecular weight is 744 g/mol. The van der Waals surface area contributed by atoms with Crippen LogP contribution in [0.25, 0.3) is 82.5 Å². The third-order valence-electron chi connectivity index (χ3n) is 11.6. The Morgan fingerprint density at radius 3 is 2.51 bits per heavy atom. The summed E-state index contributed by atoms with van der Waals surface area (Å²) in [5, 5.41) is 7.66. The minimum absolute atomic E-state index is 0.191. The quantitative estimate of drug-likeness (QED) is 0.165. The lowest BCUT2D eigenvalue weighted by Crippen LogP contribution is -2.35. The van der Waals surface area contributed by atoms with Gasteiger partial charge in [-0.15, -0.1) is 23.1 Å². The van der Waals surface area contributed by atoms with E-state index in [0.717, 1.165) is 34.1 Å². The zero-order valence-corrected chi connectivity index (χ0v) is 32.2. The second-order valence-corrected chi connectivity index (χ2v) is 17.0. The Balaban J connectivity index is 1.12. The number of aromatic nitrogens is 3. The van der Waals surface area contributed by atoms with Gasteiger partial charge in [-0.2, -0.15) is 0 Å². The first kappa shape index (κ1) is 32.7. The van der Waals surface area contributed by atoms with E-state index in [-0.39, 0.29) is 5.92 Å². The number of rotatable bonds is 5. The van der Waals surface area contributed by atoms with Crippen molar-refractivity contribution in [3.8, 4) is 22.6 Å². The molecule has 0 amide bonds. The van der Waals surface area contributed by atoms with Crippen molar-refractivity contribution in [2.24, 2.45) is 0 Å². The third-order valence-corrected chi connectivity index (χ3v) is 14.2. The summed E-state index contributed by atoms with van der Waals surface area (Å²) in [7, 11) is 0. The molecule has 55 heavy (non-hydrogen) atoms. The summed E-state index contributed by atoms with van der Waals surface area (Å²) in [5.41, 5.74) is 9.69. The number of hydrogen-bond acceptors (Lipinski definition) is 4. The SMILES string of the molecule is C/C=C\C=C(/C)n1c2ccccc2c2cc(C3C=c4c(-c5cccc6c5SC5C=CC=CC65)nc(-c5cccc6c5sc5ccccc56)nc4=CC3)ccc21. The Bertz CT molecular complexity index is 3150. The van der Waals surface area contributed by atoms with Crippen LogP contribution in [0.3, 0.4) is 0 Å². The van der Waals surface area contributed by atoms with Gasteiger partial charge in [-0.05, 0) is 67.8 Å². The largest absolute Gasteiger partial charge is 0.313 e. The molecule has 3 aromatic heterocycles. The number of hydrogen-bond donors (Lipinski definition) is 0. The number of benzene rings is 5. The summed E-state index contributed by atoms with van der Waals surface area (Å²) in [4.78, 5) is 12.3. The van der Waals surface area contributed by atoms with Crippen molar-refractivity contribution in [3.63, 3.8) is 0 Å². The highest BCUT2D eigenvalue weighted by Crippen LogP contribution is 2.51. The second-order valence-electron chi connectivity index (χ2n) is 14.8. The van der Waals surface area contributed by atoms with E-state index in [4.69, 9.17) is 9.97 Å². The maximum Gasteiger partial charge on any atom is 0.161 e. The fourth-order valence-corrected chi connectivity index (χ4v) is 11.6. The Hall–Kier alpha value is -5.75. The smallest absolute Gasteiger partial charge is 0.161 e. The van der Waals surface area contributed by atoms with Crippen molar-refractivity contribution in [3.05, 3.63) is 167 Å². The first-order valence-electron chi connectivity index (χ1n) is 19.1. The fourth-order valence-electron chi connectivity index (χ4n) is 8.96. The topological polar surface area (TPSA) is 30.7 Å². The van der Waals surface area contributed by atoms with Gasteiger partial charge >= 0.3 is 0 Å². The van der Waals surface area contributed by atoms with Gasteiger partial charge in [0, 0.05) is 75.0 Å². The minimum Gasteiger partial charge on any atom is -0.313 e. The highest BCUT2D eigenvalue weighted by molar-refractivity contribution is 8.00. The number of para-hydroxylation sites is 1. The molecule has 3 atom stereocenters. The highest BCUT2D eigenvalue weighted by atomic mass is 32.2. The third kappa shape index (κ3) is 5.17. The van der Waals surface area contributed by atoms with Gasteiger partial charge in [-0.25, -0.2) is 9.97 Å². The average Bonchev–Trinajstić information content (AvgIpc) is 3.92. The molecule has 5 heteroatoms. The van der Waals surface area contributed by atoms with Crippen LogP contribution in [0.15, 0.2) is 151 Å². The van der Waals surface area contributed by atoms with Gasteiger partial charge in [0.25, 0.3) is 0 Å². The predicted molar refractivity (Wildman–Crippen MR) is 236 cm³/mol. The van der Waals surface area contributed by atoms with Gasteiger partial charge in [0.2, 0.25) is 0 Å². The minimum atomic E-state index is 0.191. The van der Waals surface area contributed by atoms with Crippen molar-refractivity contribution >= 4 is 82.9 Å². The number of nitrogens with zero attached hydrogens (tertiary/aromatic N) is 3. The van der Waals surface area contributed by atoms with Gasteiger partial charge in [0.1, 0.15) is 0 Å². The monoisotopic (exact) mass is 743 g/mol. The zero-order chi connectivity index (χ0) is 36.6. The Morgan fingerprint density at radius 1 is 0.782 bits per heavy atom. The molecule has 2 aliphatic carbocycles. The molecule has 11 rings (SSSR count). The van der Waals surface area contributed by atoms with E-state index in [1.54, 1.807) is 0 Å². The van der Waals surface area contributed by atoms with E-state index in [9.17, 15) is 0 Å². The summed E-state index contributed by atoms with van der Waals surface area (Å²) < 4.78 is 4.92. The van der Waals surface area contributed by atoms with E-state index in [2.05, 4.69) is 176 Å². The maximum atomic E-state index is 5.59. The van der Waals surface area contributed by atoms with Crippen LogP contribution < -0.4 is 10.6 Å². The standard InChI is InChI=1S/C50H37N3S2/c1-3-4-13-30(2)53-43-21-8-5-14-33(43)40-28-32(25-27-44(40)53)31-24-26-42-41(29-31)47(38-19-11-17-36-34-15-6-9-22-45(34)54-48(36)38)52-50(51-42)39-20-12-18-37-35-16-7-10-23-46(35)55-49(37)39/h3-23,25-29,31,34,45H,24H2,1-2H3/b4-3-,30-13+. The molecule has 0 bridgehead atoms. The summed E-state index contributed by atoms with van der Waals surface area (Å²) in [6.45, 7) is 4.25. The zero-order valence-electron chi connectivity index (χ0n) is 30.6. The van der Waals surface area contributed by atoms with Crippen molar-refractivity contribution in [2.75, 3.05) is 0 Å². The van der Waals surface area contributed by atoms with Crippen molar-refractivity contribution in [1.29, 1.82) is 0 Å². The van der Waals surface area contributed by atoms with Crippen LogP contribution in [-0.2, 0) is 0 Å². The number of fused-ring (bicyclic) bond motifs is 10. The van der Waals surface area contributed by atoms with Crippen LogP contribution in [0, 0.1) is 0 Å². The van der Waals surface area contributed by atoms with Gasteiger partial charge in [0.05, 0.1) is 22.1 Å². The molecule has 3 unspecified atom stereocenters. The highest BCUT2D eigenvalue weighted by Gasteiger charge is 2.33. The van der Waals surface area contributed by atoms with Crippen molar-refractivity contribution in [2.45, 2.75) is 42.2 Å². The van der Waals surface area contributed by atoms with Gasteiger partial charge in [-0.1, -0.05) is 121 Å². The molecule has 5 aromatic carbocycles. The maximum absolute atomic E-state index is 5.59. The van der Waals surface area contributed by atoms with Crippen LogP contribution in [0.4, 0.5) is 0 Å². The number of thiophene rings is 1. The molecule has 3 aliphatic rings. The van der Waals surface area contributed by atoms with E-state index in [1.807, 2.05) is 23.1 Å². The molecule has 3 nitrogen and oxygen atoms in total. The molecule has 4 heterocycles. The van der Waals surface area contributed by atoms with E-state index in [0.29, 0.717) is 11.2 Å². The molecule has 264 valence electrons. The van der Waals surface area contributed by atoms with Crippen molar-refractivity contribution < 1.29 is 0 Å². The van der Waals surface area contributed by atoms with Crippen LogP contribution in [0.1, 0.15) is 43.2 Å². The van der Waals surface area contributed by atoms with Gasteiger partial charge in [-0.3, -0.25) is 0 Å². The number of allylic oxidation sites excluding steroid dienone is 7. The van der Waals surface area contributed by atoms with E-state index < -0.39 is 0 Å². The molecule has 0 saturated carbocycles. The van der Waals surface area contributed by atoms with Gasteiger partial charge in [0.15, 0.2) is 5.82 Å². The molecule has 0 N–H and O–H groups in total.